The summed E-state index contributed by atoms with van der Waals surface area (Å²) in [7, 11) is 0. The summed E-state index contributed by atoms with van der Waals surface area (Å²) in [4.78, 5) is 30.3. The van der Waals surface area contributed by atoms with E-state index in [-0.39, 0.29) is 5.91 Å². The molecular formula is C16H17N2O3S2-. The summed E-state index contributed by atoms with van der Waals surface area (Å²) in [6, 6.07) is 4.04. The molecule has 1 aliphatic rings. The first-order chi connectivity index (χ1) is 11.0. The highest BCUT2D eigenvalue weighted by Gasteiger charge is 2.32. The third-order valence-corrected chi connectivity index (χ3v) is 5.91. The molecule has 23 heavy (non-hydrogen) atoms. The van der Waals surface area contributed by atoms with Crippen molar-refractivity contribution in [1.29, 1.82) is 0 Å². The zero-order valence-electron chi connectivity index (χ0n) is 12.7. The average Bonchev–Trinajstić information content (AvgIpc) is 3.16. The van der Waals surface area contributed by atoms with Crippen LogP contribution in [0.4, 0.5) is 5.13 Å². The van der Waals surface area contributed by atoms with Gasteiger partial charge in [-0.05, 0) is 31.9 Å². The molecule has 1 saturated carbocycles. The number of anilines is 1. The highest BCUT2D eigenvalue weighted by atomic mass is 32.1. The van der Waals surface area contributed by atoms with Gasteiger partial charge in [0.05, 0.1) is 10.6 Å². The molecule has 1 fully saturated rings. The Balaban J connectivity index is 1.70. The fourth-order valence-corrected chi connectivity index (χ4v) is 4.56. The molecule has 122 valence electrons. The molecule has 5 nitrogen and oxygen atoms in total. The predicted molar refractivity (Wildman–Crippen MR) is 89.2 cm³/mol. The number of nitrogens with zero attached hydrogens (tertiary/aromatic N) is 1. The lowest BCUT2D eigenvalue weighted by Crippen LogP contribution is -2.42. The van der Waals surface area contributed by atoms with Gasteiger partial charge in [-0.15, -0.1) is 22.7 Å². The number of aromatic nitrogens is 1. The second-order valence-electron chi connectivity index (χ2n) is 5.75. The molecule has 0 aliphatic heterocycles. The summed E-state index contributed by atoms with van der Waals surface area (Å²) in [5.41, 5.74) is 0.837. The van der Waals surface area contributed by atoms with E-state index in [2.05, 4.69) is 10.3 Å². The number of rotatable bonds is 4. The van der Waals surface area contributed by atoms with E-state index >= 15 is 0 Å². The van der Waals surface area contributed by atoms with E-state index < -0.39 is 17.8 Å². The van der Waals surface area contributed by atoms with Crippen LogP contribution in [0.5, 0.6) is 0 Å². The number of hydrogen-bond acceptors (Lipinski definition) is 6. The summed E-state index contributed by atoms with van der Waals surface area (Å²) in [6.45, 7) is 2.03. The molecule has 0 aromatic carbocycles. The zero-order chi connectivity index (χ0) is 16.4. The number of carbonyl (C=O) groups excluding carboxylic acids is 2. The van der Waals surface area contributed by atoms with E-state index in [4.69, 9.17) is 0 Å². The third kappa shape index (κ3) is 3.61. The Morgan fingerprint density at radius 1 is 1.26 bits per heavy atom. The largest absolute Gasteiger partial charge is 0.550 e. The summed E-state index contributed by atoms with van der Waals surface area (Å²) >= 11 is 3.01. The molecule has 0 spiro atoms. The van der Waals surface area contributed by atoms with E-state index in [9.17, 15) is 14.7 Å². The van der Waals surface area contributed by atoms with Gasteiger partial charge in [-0.1, -0.05) is 12.8 Å². The SMILES string of the molecule is Cc1ccc(-c2csc(NC(=O)C3CCCCC3C(=O)[O-])n2)s1. The van der Waals surface area contributed by atoms with Crippen LogP contribution < -0.4 is 10.4 Å². The Hall–Kier alpha value is -1.73. The van der Waals surface area contributed by atoms with E-state index in [1.165, 1.54) is 16.2 Å². The number of aliphatic carboxylic acids is 1. The molecule has 2 aromatic rings. The van der Waals surface area contributed by atoms with Gasteiger partial charge in [0, 0.05) is 28.1 Å². The molecule has 1 aliphatic carbocycles. The Kier molecular flexibility index (Phi) is 4.77. The van der Waals surface area contributed by atoms with Gasteiger partial charge < -0.3 is 15.2 Å². The molecule has 0 radical (unpaired) electrons. The molecule has 7 heteroatoms. The summed E-state index contributed by atoms with van der Waals surface area (Å²) in [5, 5.41) is 16.4. The van der Waals surface area contributed by atoms with Crippen LogP contribution >= 0.6 is 22.7 Å². The molecule has 2 atom stereocenters. The number of nitrogens with one attached hydrogen (secondary N) is 1. The lowest BCUT2D eigenvalue weighted by atomic mass is 9.79. The van der Waals surface area contributed by atoms with Gasteiger partial charge >= 0.3 is 0 Å². The molecule has 0 bridgehead atoms. The predicted octanol–water partition coefficient (Wildman–Crippen LogP) is 2.67. The van der Waals surface area contributed by atoms with Crippen molar-refractivity contribution >= 4 is 39.7 Å². The summed E-state index contributed by atoms with van der Waals surface area (Å²) in [6.07, 6.45) is 2.81. The zero-order valence-corrected chi connectivity index (χ0v) is 14.3. The highest BCUT2D eigenvalue weighted by Crippen LogP contribution is 2.33. The molecule has 2 aromatic heterocycles. The lowest BCUT2D eigenvalue weighted by Gasteiger charge is -2.30. The van der Waals surface area contributed by atoms with E-state index in [1.807, 2.05) is 24.4 Å². The van der Waals surface area contributed by atoms with Crippen LogP contribution in [0.3, 0.4) is 0 Å². The Labute approximate surface area is 142 Å². The lowest BCUT2D eigenvalue weighted by molar-refractivity contribution is -0.313. The van der Waals surface area contributed by atoms with Crippen molar-refractivity contribution in [3.05, 3.63) is 22.4 Å². The molecular weight excluding hydrogens is 332 g/mol. The normalized spacial score (nSPS) is 21.1. The monoisotopic (exact) mass is 349 g/mol. The molecule has 0 saturated heterocycles. The van der Waals surface area contributed by atoms with Crippen LogP contribution in [0.2, 0.25) is 0 Å². The van der Waals surface area contributed by atoms with Crippen molar-refractivity contribution < 1.29 is 14.7 Å². The van der Waals surface area contributed by atoms with Crippen molar-refractivity contribution in [1.82, 2.24) is 4.98 Å². The van der Waals surface area contributed by atoms with Crippen LogP contribution in [0, 0.1) is 18.8 Å². The van der Waals surface area contributed by atoms with Gasteiger partial charge in [0.2, 0.25) is 5.91 Å². The maximum absolute atomic E-state index is 12.4. The Bertz CT molecular complexity index is 722. The average molecular weight is 349 g/mol. The second-order valence-corrected chi connectivity index (χ2v) is 7.90. The first-order valence-electron chi connectivity index (χ1n) is 7.58. The number of aryl methyl sites for hydroxylation is 1. The minimum Gasteiger partial charge on any atom is -0.550 e. The number of thiophene rings is 1. The number of amides is 1. The van der Waals surface area contributed by atoms with Crippen LogP contribution in [-0.2, 0) is 9.59 Å². The van der Waals surface area contributed by atoms with E-state index in [1.54, 1.807) is 11.3 Å². The van der Waals surface area contributed by atoms with Crippen molar-refractivity contribution in [2.75, 3.05) is 5.32 Å². The van der Waals surface area contributed by atoms with Crippen LogP contribution in [0.1, 0.15) is 30.6 Å². The molecule has 3 rings (SSSR count). The number of carboxylic acids is 1. The van der Waals surface area contributed by atoms with Crippen molar-refractivity contribution in [3.63, 3.8) is 0 Å². The molecule has 1 amide bonds. The van der Waals surface area contributed by atoms with Crippen LogP contribution in [0.25, 0.3) is 10.6 Å². The fourth-order valence-electron chi connectivity index (χ4n) is 2.94. The molecule has 2 heterocycles. The highest BCUT2D eigenvalue weighted by molar-refractivity contribution is 7.17. The van der Waals surface area contributed by atoms with Crippen LogP contribution in [-0.4, -0.2) is 16.9 Å². The van der Waals surface area contributed by atoms with Gasteiger partial charge in [0.1, 0.15) is 0 Å². The van der Waals surface area contributed by atoms with Gasteiger partial charge in [0.25, 0.3) is 0 Å². The first kappa shape index (κ1) is 16.1. The molecule has 2 unspecified atom stereocenters. The maximum Gasteiger partial charge on any atom is 0.229 e. The minimum atomic E-state index is -1.13. The van der Waals surface area contributed by atoms with E-state index in [0.717, 1.165) is 23.4 Å². The number of carbonyl (C=O) groups is 2. The molecule has 1 N–H and O–H groups in total. The quantitative estimate of drug-likeness (QED) is 0.920. The summed E-state index contributed by atoms with van der Waals surface area (Å²) < 4.78 is 0. The van der Waals surface area contributed by atoms with Crippen molar-refractivity contribution in [3.8, 4) is 10.6 Å². The first-order valence-corrected chi connectivity index (χ1v) is 9.28. The van der Waals surface area contributed by atoms with Gasteiger partial charge in [-0.2, -0.15) is 0 Å². The smallest absolute Gasteiger partial charge is 0.229 e. The number of thiazole rings is 1. The third-order valence-electron chi connectivity index (χ3n) is 4.13. The Morgan fingerprint density at radius 3 is 2.65 bits per heavy atom. The minimum absolute atomic E-state index is 0.262. The summed E-state index contributed by atoms with van der Waals surface area (Å²) in [5.74, 6) is -2.60. The van der Waals surface area contributed by atoms with Crippen molar-refractivity contribution in [2.45, 2.75) is 32.6 Å². The van der Waals surface area contributed by atoms with Gasteiger partial charge in [-0.3, -0.25) is 4.79 Å². The Morgan fingerprint density at radius 2 is 2.00 bits per heavy atom. The number of carboxylic acid groups (broad SMARTS) is 1. The maximum atomic E-state index is 12.4. The topological polar surface area (TPSA) is 82.1 Å². The second kappa shape index (κ2) is 6.80. The van der Waals surface area contributed by atoms with Gasteiger partial charge in [0.15, 0.2) is 5.13 Å². The van der Waals surface area contributed by atoms with Crippen LogP contribution in [0.15, 0.2) is 17.5 Å². The fraction of sp³-hybridized carbons (Fsp3) is 0.438. The van der Waals surface area contributed by atoms with E-state index in [0.29, 0.717) is 18.0 Å². The van der Waals surface area contributed by atoms with Gasteiger partial charge in [-0.25, -0.2) is 4.98 Å². The van der Waals surface area contributed by atoms with Crippen molar-refractivity contribution in [2.24, 2.45) is 11.8 Å². The standard InChI is InChI=1S/C16H18N2O3S2/c1-9-6-7-13(23-9)12-8-22-16(17-12)18-14(19)10-4-2-3-5-11(10)15(20)21/h6-8,10-11H,2-5H2,1H3,(H,20,21)(H,17,18,19)/p-1. The number of hydrogen-bond donors (Lipinski definition) is 1.